The molecule has 0 bridgehead atoms. The van der Waals surface area contributed by atoms with Crippen molar-refractivity contribution in [1.82, 2.24) is 19.7 Å². The molecular weight excluding hydrogens is 204 g/mol. The molecule has 0 spiro atoms. The third-order valence-corrected chi connectivity index (χ3v) is 2.52. The second kappa shape index (κ2) is 3.17. The zero-order chi connectivity index (χ0) is 12.1. The van der Waals surface area contributed by atoms with E-state index in [0.29, 0.717) is 16.9 Å². The lowest BCUT2D eigenvalue weighted by Gasteiger charge is -2.14. The summed E-state index contributed by atoms with van der Waals surface area (Å²) in [5.41, 5.74) is 1.85. The van der Waals surface area contributed by atoms with Crippen LogP contribution in [0.15, 0.2) is 4.79 Å². The van der Waals surface area contributed by atoms with Crippen LogP contribution >= 0.6 is 0 Å². The van der Waals surface area contributed by atoms with Crippen molar-refractivity contribution >= 4 is 11.0 Å². The molecule has 16 heavy (non-hydrogen) atoms. The number of H-pyrrole nitrogens is 1. The van der Waals surface area contributed by atoms with E-state index in [0.717, 1.165) is 5.69 Å². The SMILES string of the molecule is Cc1nc2c(C(C)(C)C)nn(C)c2c(=O)[nH]1. The Morgan fingerprint density at radius 2 is 1.94 bits per heavy atom. The van der Waals surface area contributed by atoms with Crippen molar-refractivity contribution in [2.45, 2.75) is 33.1 Å². The largest absolute Gasteiger partial charge is 0.309 e. The van der Waals surface area contributed by atoms with Crippen LogP contribution in [0.3, 0.4) is 0 Å². The zero-order valence-electron chi connectivity index (χ0n) is 10.2. The van der Waals surface area contributed by atoms with E-state index in [4.69, 9.17) is 0 Å². The van der Waals surface area contributed by atoms with Crippen LogP contribution in [0.2, 0.25) is 0 Å². The van der Waals surface area contributed by atoms with E-state index in [1.165, 1.54) is 0 Å². The molecule has 0 aliphatic carbocycles. The first-order chi connectivity index (χ1) is 7.30. The summed E-state index contributed by atoms with van der Waals surface area (Å²) in [6.45, 7) is 7.97. The summed E-state index contributed by atoms with van der Waals surface area (Å²) in [4.78, 5) is 18.9. The maximum absolute atomic E-state index is 11.8. The molecule has 2 rings (SSSR count). The monoisotopic (exact) mass is 220 g/mol. The van der Waals surface area contributed by atoms with Gasteiger partial charge in [0.2, 0.25) is 0 Å². The predicted octanol–water partition coefficient (Wildman–Crippen LogP) is 1.26. The Kier molecular flexibility index (Phi) is 2.15. The molecule has 0 saturated carbocycles. The highest BCUT2D eigenvalue weighted by Crippen LogP contribution is 2.25. The van der Waals surface area contributed by atoms with Crippen molar-refractivity contribution in [1.29, 1.82) is 0 Å². The van der Waals surface area contributed by atoms with Gasteiger partial charge in [0.05, 0.1) is 5.69 Å². The molecule has 0 aromatic carbocycles. The lowest BCUT2D eigenvalue weighted by molar-refractivity contribution is 0.557. The Morgan fingerprint density at radius 1 is 1.31 bits per heavy atom. The zero-order valence-corrected chi connectivity index (χ0v) is 10.2. The molecule has 0 amide bonds. The minimum absolute atomic E-state index is 0.118. The van der Waals surface area contributed by atoms with Crippen molar-refractivity contribution in [3.8, 4) is 0 Å². The number of fused-ring (bicyclic) bond motifs is 1. The number of aromatic amines is 1. The predicted molar refractivity (Wildman–Crippen MR) is 62.6 cm³/mol. The third kappa shape index (κ3) is 1.52. The van der Waals surface area contributed by atoms with Crippen LogP contribution in [-0.4, -0.2) is 19.7 Å². The minimum Gasteiger partial charge on any atom is -0.309 e. The van der Waals surface area contributed by atoms with Crippen molar-refractivity contribution in [2.24, 2.45) is 7.05 Å². The fourth-order valence-corrected chi connectivity index (χ4v) is 1.80. The number of hydrogen-bond acceptors (Lipinski definition) is 3. The molecule has 2 aromatic rings. The Balaban J connectivity index is 2.95. The molecule has 86 valence electrons. The molecule has 0 unspecified atom stereocenters. The highest BCUT2D eigenvalue weighted by Gasteiger charge is 2.24. The summed E-state index contributed by atoms with van der Waals surface area (Å²) in [6, 6.07) is 0. The van der Waals surface area contributed by atoms with E-state index in [1.807, 2.05) is 0 Å². The van der Waals surface area contributed by atoms with Crippen LogP contribution in [0.4, 0.5) is 0 Å². The minimum atomic E-state index is -0.131. The van der Waals surface area contributed by atoms with Gasteiger partial charge in [-0.2, -0.15) is 5.10 Å². The standard InChI is InChI=1S/C11H16N4O/c1-6-12-7-8(10(16)13-6)15(5)14-9(7)11(2,3)4/h1-5H3,(H,12,13,16). The van der Waals surface area contributed by atoms with E-state index < -0.39 is 0 Å². The number of hydrogen-bond donors (Lipinski definition) is 1. The molecule has 0 atom stereocenters. The van der Waals surface area contributed by atoms with Gasteiger partial charge in [0, 0.05) is 12.5 Å². The molecule has 0 saturated heterocycles. The average Bonchev–Trinajstić information content (AvgIpc) is 2.41. The second-order valence-corrected chi connectivity index (χ2v) is 5.07. The highest BCUT2D eigenvalue weighted by molar-refractivity contribution is 5.77. The molecule has 2 heterocycles. The van der Waals surface area contributed by atoms with Gasteiger partial charge in [0.25, 0.3) is 5.56 Å². The van der Waals surface area contributed by atoms with Crippen LogP contribution in [-0.2, 0) is 12.5 Å². The van der Waals surface area contributed by atoms with Gasteiger partial charge in [-0.05, 0) is 6.92 Å². The van der Waals surface area contributed by atoms with Gasteiger partial charge in [0.15, 0.2) is 5.52 Å². The van der Waals surface area contributed by atoms with Gasteiger partial charge < -0.3 is 4.98 Å². The molecule has 0 radical (unpaired) electrons. The van der Waals surface area contributed by atoms with Gasteiger partial charge in [-0.3, -0.25) is 9.48 Å². The normalized spacial score (nSPS) is 12.3. The molecule has 5 heteroatoms. The van der Waals surface area contributed by atoms with Gasteiger partial charge in [-0.15, -0.1) is 0 Å². The topological polar surface area (TPSA) is 63.6 Å². The fourth-order valence-electron chi connectivity index (χ4n) is 1.80. The van der Waals surface area contributed by atoms with E-state index in [9.17, 15) is 4.79 Å². The van der Waals surface area contributed by atoms with Crippen molar-refractivity contribution in [2.75, 3.05) is 0 Å². The van der Waals surface area contributed by atoms with Crippen LogP contribution in [0.5, 0.6) is 0 Å². The quantitative estimate of drug-likeness (QED) is 0.727. The maximum Gasteiger partial charge on any atom is 0.277 e. The molecule has 0 aliphatic rings. The van der Waals surface area contributed by atoms with E-state index in [1.54, 1.807) is 18.7 Å². The number of nitrogens with zero attached hydrogens (tertiary/aromatic N) is 3. The van der Waals surface area contributed by atoms with Crippen LogP contribution in [0.25, 0.3) is 11.0 Å². The van der Waals surface area contributed by atoms with Crippen molar-refractivity contribution in [3.63, 3.8) is 0 Å². The van der Waals surface area contributed by atoms with Crippen LogP contribution < -0.4 is 5.56 Å². The molecular formula is C11H16N4O. The average molecular weight is 220 g/mol. The lowest BCUT2D eigenvalue weighted by Crippen LogP contribution is -2.14. The smallest absolute Gasteiger partial charge is 0.277 e. The molecule has 5 nitrogen and oxygen atoms in total. The van der Waals surface area contributed by atoms with E-state index in [-0.39, 0.29) is 11.0 Å². The molecule has 1 N–H and O–H groups in total. The molecule has 2 aromatic heterocycles. The first kappa shape index (κ1) is 10.9. The van der Waals surface area contributed by atoms with Crippen molar-refractivity contribution in [3.05, 3.63) is 21.9 Å². The van der Waals surface area contributed by atoms with Crippen LogP contribution in [0.1, 0.15) is 32.3 Å². The number of aryl methyl sites for hydroxylation is 2. The fraction of sp³-hybridized carbons (Fsp3) is 0.545. The van der Waals surface area contributed by atoms with Crippen LogP contribution in [0, 0.1) is 6.92 Å². The van der Waals surface area contributed by atoms with Gasteiger partial charge in [-0.25, -0.2) is 4.98 Å². The Labute approximate surface area is 93.5 Å². The Bertz CT molecular complexity index is 601. The molecule has 0 fully saturated rings. The number of rotatable bonds is 0. The van der Waals surface area contributed by atoms with Crippen molar-refractivity contribution < 1.29 is 0 Å². The highest BCUT2D eigenvalue weighted by atomic mass is 16.1. The second-order valence-electron chi connectivity index (χ2n) is 5.07. The number of nitrogens with one attached hydrogen (secondary N) is 1. The third-order valence-electron chi connectivity index (χ3n) is 2.52. The Hall–Kier alpha value is -1.65. The summed E-state index contributed by atoms with van der Waals surface area (Å²) < 4.78 is 1.60. The first-order valence-corrected chi connectivity index (χ1v) is 5.25. The summed E-state index contributed by atoms with van der Waals surface area (Å²) in [5, 5.41) is 4.40. The first-order valence-electron chi connectivity index (χ1n) is 5.25. The Morgan fingerprint density at radius 3 is 2.50 bits per heavy atom. The van der Waals surface area contributed by atoms with E-state index >= 15 is 0 Å². The van der Waals surface area contributed by atoms with Gasteiger partial charge >= 0.3 is 0 Å². The summed E-state index contributed by atoms with van der Waals surface area (Å²) >= 11 is 0. The summed E-state index contributed by atoms with van der Waals surface area (Å²) in [7, 11) is 1.77. The summed E-state index contributed by atoms with van der Waals surface area (Å²) in [5.74, 6) is 0.621. The van der Waals surface area contributed by atoms with E-state index in [2.05, 4.69) is 35.8 Å². The van der Waals surface area contributed by atoms with Gasteiger partial charge in [-0.1, -0.05) is 20.8 Å². The maximum atomic E-state index is 11.8. The summed E-state index contributed by atoms with van der Waals surface area (Å²) in [6.07, 6.45) is 0. The van der Waals surface area contributed by atoms with Gasteiger partial charge in [0.1, 0.15) is 11.3 Å². The molecule has 0 aliphatic heterocycles. The lowest BCUT2D eigenvalue weighted by atomic mass is 9.91. The number of aromatic nitrogens is 4.